The highest BCUT2D eigenvalue weighted by atomic mass is 35.5. The van der Waals surface area contributed by atoms with E-state index in [4.69, 9.17) is 28.3 Å². The number of ether oxygens (including phenoxy) is 1. The molecule has 1 aliphatic carbocycles. The van der Waals surface area contributed by atoms with E-state index in [0.717, 1.165) is 55.3 Å². The summed E-state index contributed by atoms with van der Waals surface area (Å²) in [7, 11) is 4.99. The minimum absolute atomic E-state index is 0.0694. The number of urea groups is 1. The van der Waals surface area contributed by atoms with Gasteiger partial charge in [-0.1, -0.05) is 35.3 Å². The number of amides is 3. The van der Waals surface area contributed by atoms with E-state index >= 15 is 0 Å². The van der Waals surface area contributed by atoms with E-state index in [1.165, 1.54) is 4.90 Å². The van der Waals surface area contributed by atoms with Gasteiger partial charge in [-0.15, -0.1) is 0 Å². The molecule has 2 aromatic rings. The highest BCUT2D eigenvalue weighted by Crippen LogP contribution is 2.37. The average Bonchev–Trinajstić information content (AvgIpc) is 3.26. The molecular formula is C28H35Cl2N3O6. The predicted octanol–water partition coefficient (Wildman–Crippen LogP) is 5.30. The number of benzene rings is 2. The van der Waals surface area contributed by atoms with Gasteiger partial charge in [0.1, 0.15) is 5.75 Å². The molecule has 2 aliphatic rings. The number of carbonyl (C=O) groups is 3. The Hall–Kier alpha value is -3.01. The zero-order valence-electron chi connectivity index (χ0n) is 22.3. The molecule has 1 atom stereocenters. The molecule has 2 aromatic carbocycles. The van der Waals surface area contributed by atoms with Gasteiger partial charge >= 0.3 is 12.2 Å². The minimum atomic E-state index is -1.37. The Balaban J connectivity index is 0.000000532. The van der Waals surface area contributed by atoms with Crippen molar-refractivity contribution in [3.8, 4) is 16.9 Å². The number of rotatable bonds is 5. The van der Waals surface area contributed by atoms with Crippen LogP contribution in [0.5, 0.6) is 5.75 Å². The van der Waals surface area contributed by atoms with Crippen molar-refractivity contribution in [2.75, 3.05) is 27.7 Å². The van der Waals surface area contributed by atoms with Crippen LogP contribution in [0.2, 0.25) is 10.0 Å². The molecule has 0 radical (unpaired) electrons. The van der Waals surface area contributed by atoms with Crippen LogP contribution in [0.25, 0.3) is 11.1 Å². The highest BCUT2D eigenvalue weighted by Gasteiger charge is 2.37. The topological polar surface area (TPSA) is 119 Å². The minimum Gasteiger partial charge on any atom is -0.449 e. The second-order valence-corrected chi connectivity index (χ2v) is 10.8. The molecule has 39 heavy (non-hydrogen) atoms. The Labute approximate surface area is 238 Å². The van der Waals surface area contributed by atoms with E-state index in [9.17, 15) is 19.5 Å². The molecule has 9 nitrogen and oxygen atoms in total. The maximum Gasteiger partial charge on any atom is 0.511 e. The summed E-state index contributed by atoms with van der Waals surface area (Å²) in [5.74, 6) is 0.235. The van der Waals surface area contributed by atoms with Gasteiger partial charge in [-0.3, -0.25) is 4.79 Å². The van der Waals surface area contributed by atoms with Crippen molar-refractivity contribution in [3.05, 3.63) is 52.0 Å². The first kappa shape index (κ1) is 30.5. The van der Waals surface area contributed by atoms with Crippen molar-refractivity contribution in [1.82, 2.24) is 15.1 Å². The van der Waals surface area contributed by atoms with E-state index in [0.29, 0.717) is 16.5 Å². The molecule has 0 spiro atoms. The Morgan fingerprint density at radius 2 is 1.62 bits per heavy atom. The molecule has 1 saturated carbocycles. The van der Waals surface area contributed by atoms with Crippen molar-refractivity contribution in [2.24, 2.45) is 5.92 Å². The summed E-state index contributed by atoms with van der Waals surface area (Å²) in [6.45, 7) is 0.738. The zero-order valence-corrected chi connectivity index (χ0v) is 23.8. The molecule has 2 fully saturated rings. The summed E-state index contributed by atoms with van der Waals surface area (Å²) in [5, 5.41) is 21.9. The third kappa shape index (κ3) is 8.24. The number of likely N-dealkylation sites (tertiary alicyclic amines) is 1. The van der Waals surface area contributed by atoms with Crippen LogP contribution < -0.4 is 10.1 Å². The van der Waals surface area contributed by atoms with Gasteiger partial charge in [0, 0.05) is 49.7 Å². The van der Waals surface area contributed by atoms with Gasteiger partial charge in [0.05, 0.1) is 6.10 Å². The fourth-order valence-electron chi connectivity index (χ4n) is 4.94. The van der Waals surface area contributed by atoms with Crippen LogP contribution in [0, 0.1) is 5.92 Å². The van der Waals surface area contributed by atoms with Crippen molar-refractivity contribution in [3.63, 3.8) is 0 Å². The van der Waals surface area contributed by atoms with Gasteiger partial charge in [-0.05, 0) is 79.5 Å². The monoisotopic (exact) mass is 579 g/mol. The summed E-state index contributed by atoms with van der Waals surface area (Å²) < 4.78 is 4.63. The Kier molecular flexibility index (Phi) is 10.9. The largest absolute Gasteiger partial charge is 0.511 e. The molecular weight excluding hydrogens is 545 g/mol. The summed E-state index contributed by atoms with van der Waals surface area (Å²) in [4.78, 5) is 37.5. The zero-order chi connectivity index (χ0) is 28.7. The van der Waals surface area contributed by atoms with E-state index in [1.54, 1.807) is 45.4 Å². The van der Waals surface area contributed by atoms with E-state index in [-0.39, 0.29) is 35.8 Å². The van der Waals surface area contributed by atoms with Crippen LogP contribution >= 0.6 is 23.2 Å². The Bertz CT molecular complexity index is 1140. The first-order valence-corrected chi connectivity index (χ1v) is 13.6. The van der Waals surface area contributed by atoms with Crippen LogP contribution in [0.1, 0.15) is 37.7 Å². The highest BCUT2D eigenvalue weighted by molar-refractivity contribution is 6.36. The van der Waals surface area contributed by atoms with E-state index < -0.39 is 6.16 Å². The molecule has 11 heteroatoms. The number of nitrogens with zero attached hydrogens (tertiary/aromatic N) is 2. The lowest BCUT2D eigenvalue weighted by molar-refractivity contribution is -0.133. The summed E-state index contributed by atoms with van der Waals surface area (Å²) in [6, 6.07) is 10.4. The molecule has 3 N–H and O–H groups in total. The second-order valence-electron chi connectivity index (χ2n) is 9.94. The number of aliphatic hydroxyl groups excluding tert-OH is 1. The number of halogens is 2. The first-order valence-electron chi connectivity index (χ1n) is 12.9. The lowest BCUT2D eigenvalue weighted by Crippen LogP contribution is -2.41. The van der Waals surface area contributed by atoms with Gasteiger partial charge in [0.2, 0.25) is 5.91 Å². The van der Waals surface area contributed by atoms with E-state index in [2.05, 4.69) is 10.1 Å². The molecule has 0 bridgehead atoms. The molecule has 0 unspecified atom stereocenters. The van der Waals surface area contributed by atoms with Crippen molar-refractivity contribution in [2.45, 2.75) is 50.7 Å². The maximum atomic E-state index is 13.0. The molecule has 212 valence electrons. The van der Waals surface area contributed by atoms with Crippen LogP contribution in [-0.4, -0.2) is 77.9 Å². The van der Waals surface area contributed by atoms with E-state index in [1.807, 2.05) is 17.0 Å². The molecule has 4 rings (SSSR count). The molecule has 3 amide bonds. The predicted molar refractivity (Wildman–Crippen MR) is 150 cm³/mol. The SMILES string of the molecule is CNC(=O)N(C)C.O=C(O)Oc1ccc(-c2cc(Cl)c(C[C@@H]3CCN([C@H]4CC[C@H](O)CC4)C3=O)c(Cl)c2)cc1. The van der Waals surface area contributed by atoms with Gasteiger partial charge in [0.25, 0.3) is 0 Å². The number of nitrogens with one attached hydrogen (secondary N) is 1. The fraction of sp³-hybridized carbons (Fsp3) is 0.464. The Morgan fingerprint density at radius 3 is 2.10 bits per heavy atom. The third-order valence-electron chi connectivity index (χ3n) is 7.06. The number of hydrogen-bond acceptors (Lipinski definition) is 5. The molecule has 1 saturated heterocycles. The molecule has 0 aromatic heterocycles. The smallest absolute Gasteiger partial charge is 0.449 e. The van der Waals surface area contributed by atoms with Gasteiger partial charge in [-0.25, -0.2) is 9.59 Å². The van der Waals surface area contributed by atoms with Crippen molar-refractivity contribution < 1.29 is 29.3 Å². The van der Waals surface area contributed by atoms with Crippen LogP contribution in [-0.2, 0) is 11.2 Å². The third-order valence-corrected chi connectivity index (χ3v) is 7.74. The molecule has 1 aliphatic heterocycles. The average molecular weight is 581 g/mol. The Morgan fingerprint density at radius 1 is 1.03 bits per heavy atom. The van der Waals surface area contributed by atoms with Crippen LogP contribution in [0.15, 0.2) is 36.4 Å². The quantitative estimate of drug-likeness (QED) is 0.326. The first-order chi connectivity index (χ1) is 18.5. The normalized spacial score (nSPS) is 20.6. The maximum absolute atomic E-state index is 13.0. The molecule has 1 heterocycles. The fourth-order valence-corrected chi connectivity index (χ4v) is 5.58. The van der Waals surface area contributed by atoms with Crippen molar-refractivity contribution in [1.29, 1.82) is 0 Å². The number of hydrogen-bond donors (Lipinski definition) is 3. The summed E-state index contributed by atoms with van der Waals surface area (Å²) in [6.07, 6.45) is 2.87. The number of carboxylic acid groups (broad SMARTS) is 1. The number of carbonyl (C=O) groups excluding carboxylic acids is 2. The lowest BCUT2D eigenvalue weighted by Gasteiger charge is -2.33. The van der Waals surface area contributed by atoms with Gasteiger partial charge in [-0.2, -0.15) is 0 Å². The second kappa shape index (κ2) is 13.9. The standard InChI is InChI=1S/C24H25Cl2NO5.C4H10N2O/c25-21-12-16(14-1-7-19(8-2-14)32-24(30)31)13-22(26)20(21)11-15-9-10-27(23(15)29)17-3-5-18(28)6-4-17;1-5-4(7)6(2)3/h1-2,7-8,12-13,15,17-18,28H,3-6,9-11H2,(H,30,31);1-3H3,(H,5,7)/t15-,17-,18-;/m0./s1. The van der Waals surface area contributed by atoms with Crippen LogP contribution in [0.4, 0.5) is 9.59 Å². The van der Waals surface area contributed by atoms with Gasteiger partial charge in [0.15, 0.2) is 0 Å². The van der Waals surface area contributed by atoms with Crippen molar-refractivity contribution >= 4 is 41.3 Å². The number of aliphatic hydroxyl groups is 1. The summed E-state index contributed by atoms with van der Waals surface area (Å²) in [5.41, 5.74) is 2.38. The van der Waals surface area contributed by atoms with Gasteiger partial charge < -0.3 is 30.1 Å². The summed E-state index contributed by atoms with van der Waals surface area (Å²) >= 11 is 13.1. The van der Waals surface area contributed by atoms with Crippen LogP contribution in [0.3, 0.4) is 0 Å². The lowest BCUT2D eigenvalue weighted by atomic mass is 9.92.